The van der Waals surface area contributed by atoms with Gasteiger partial charge in [0.1, 0.15) is 6.07 Å². The molecule has 31 heavy (non-hydrogen) atoms. The van der Waals surface area contributed by atoms with Gasteiger partial charge in [-0.25, -0.2) is 8.42 Å². The van der Waals surface area contributed by atoms with Crippen LogP contribution in [0.5, 0.6) is 0 Å². The molecule has 4 rings (SSSR count). The molecule has 3 heterocycles. The highest BCUT2D eigenvalue weighted by Gasteiger charge is 2.26. The summed E-state index contributed by atoms with van der Waals surface area (Å²) < 4.78 is 43.2. The highest BCUT2D eigenvalue weighted by Crippen LogP contribution is 2.27. The normalized spacial score (nSPS) is 18.5. The van der Waals surface area contributed by atoms with E-state index in [1.165, 1.54) is 16.4 Å². The van der Waals surface area contributed by atoms with Crippen molar-refractivity contribution in [2.75, 3.05) is 71.0 Å². The number of nitrogens with one attached hydrogen (secondary N) is 1. The molecule has 0 unspecified atom stereocenters. The number of benzene rings is 1. The third-order valence-electron chi connectivity index (χ3n) is 5.26. The predicted molar refractivity (Wildman–Crippen MR) is 112 cm³/mol. The Bertz CT molecular complexity index is 1020. The molecule has 1 aromatic heterocycles. The summed E-state index contributed by atoms with van der Waals surface area (Å²) in [6.07, 6.45) is 0. The summed E-state index contributed by atoms with van der Waals surface area (Å²) in [6.45, 7) is 6.11. The van der Waals surface area contributed by atoms with E-state index in [1.807, 2.05) is 6.07 Å². The molecule has 0 radical (unpaired) electrons. The van der Waals surface area contributed by atoms with Crippen molar-refractivity contribution in [2.24, 2.45) is 0 Å². The number of hydrogen-bond donors (Lipinski definition) is 1. The van der Waals surface area contributed by atoms with E-state index >= 15 is 0 Å². The number of anilines is 1. The molecule has 2 aliphatic heterocycles. The van der Waals surface area contributed by atoms with Crippen LogP contribution in [0.15, 0.2) is 33.6 Å². The van der Waals surface area contributed by atoms with Crippen molar-refractivity contribution in [1.29, 1.82) is 5.26 Å². The number of oxazole rings is 1. The van der Waals surface area contributed by atoms with Gasteiger partial charge in [0.05, 0.1) is 31.3 Å². The van der Waals surface area contributed by atoms with Crippen LogP contribution in [0, 0.1) is 11.3 Å². The van der Waals surface area contributed by atoms with E-state index in [0.29, 0.717) is 44.3 Å². The van der Waals surface area contributed by atoms with Gasteiger partial charge in [-0.05, 0) is 24.3 Å². The molecule has 2 saturated heterocycles. The zero-order valence-electron chi connectivity index (χ0n) is 17.1. The van der Waals surface area contributed by atoms with Crippen LogP contribution in [0.25, 0.3) is 11.5 Å². The lowest BCUT2D eigenvalue weighted by atomic mass is 10.2. The average Bonchev–Trinajstić information content (AvgIpc) is 3.24. The number of rotatable bonds is 7. The molecule has 2 aliphatic rings. The van der Waals surface area contributed by atoms with Crippen molar-refractivity contribution in [1.82, 2.24) is 14.2 Å². The maximum absolute atomic E-state index is 12.8. The van der Waals surface area contributed by atoms with Crippen LogP contribution in [0.2, 0.25) is 0 Å². The quantitative estimate of drug-likeness (QED) is 0.662. The highest BCUT2D eigenvalue weighted by molar-refractivity contribution is 7.89. The average molecular weight is 448 g/mol. The molecule has 2 fully saturated rings. The van der Waals surface area contributed by atoms with Gasteiger partial charge in [0.2, 0.25) is 27.5 Å². The number of nitriles is 1. The van der Waals surface area contributed by atoms with Gasteiger partial charge < -0.3 is 19.2 Å². The summed E-state index contributed by atoms with van der Waals surface area (Å²) in [4.78, 5) is 6.72. The first-order chi connectivity index (χ1) is 15.1. The van der Waals surface area contributed by atoms with E-state index in [0.717, 1.165) is 32.8 Å². The van der Waals surface area contributed by atoms with Gasteiger partial charge in [0.25, 0.3) is 0 Å². The number of ether oxygens (including phenoxy) is 2. The number of hydrogen-bond acceptors (Lipinski definition) is 9. The van der Waals surface area contributed by atoms with Crippen molar-refractivity contribution in [3.05, 3.63) is 30.0 Å². The maximum Gasteiger partial charge on any atom is 0.243 e. The van der Waals surface area contributed by atoms with E-state index < -0.39 is 10.0 Å². The zero-order chi connectivity index (χ0) is 21.7. The van der Waals surface area contributed by atoms with E-state index in [2.05, 4.69) is 15.2 Å². The molecule has 11 heteroatoms. The fourth-order valence-electron chi connectivity index (χ4n) is 3.50. The van der Waals surface area contributed by atoms with E-state index in [9.17, 15) is 13.7 Å². The lowest BCUT2D eigenvalue weighted by Gasteiger charge is -2.26. The minimum atomic E-state index is -3.57. The fraction of sp³-hybridized carbons (Fsp3) is 0.500. The van der Waals surface area contributed by atoms with Gasteiger partial charge in [0.15, 0.2) is 0 Å². The van der Waals surface area contributed by atoms with Crippen LogP contribution in [0.1, 0.15) is 5.69 Å². The minimum Gasteiger partial charge on any atom is -0.419 e. The Kier molecular flexibility index (Phi) is 6.84. The van der Waals surface area contributed by atoms with Gasteiger partial charge in [-0.1, -0.05) is 0 Å². The Morgan fingerprint density at radius 1 is 1.03 bits per heavy atom. The van der Waals surface area contributed by atoms with Gasteiger partial charge in [0, 0.05) is 44.8 Å². The van der Waals surface area contributed by atoms with Crippen molar-refractivity contribution in [2.45, 2.75) is 4.90 Å². The second-order valence-electron chi connectivity index (χ2n) is 7.23. The summed E-state index contributed by atoms with van der Waals surface area (Å²) in [6, 6.07) is 8.37. The van der Waals surface area contributed by atoms with Crippen LogP contribution in [-0.4, -0.2) is 88.3 Å². The third kappa shape index (κ3) is 5.06. The smallest absolute Gasteiger partial charge is 0.243 e. The Hall–Kier alpha value is -2.49. The lowest BCUT2D eigenvalue weighted by molar-refractivity contribution is 0.0398. The van der Waals surface area contributed by atoms with Crippen LogP contribution in [0.4, 0.5) is 5.88 Å². The SMILES string of the molecule is N#Cc1nc(-c2ccc(S(=O)(=O)N3CCOCC3)cc2)oc1NCCN1CCOCC1. The van der Waals surface area contributed by atoms with E-state index in [1.54, 1.807) is 12.1 Å². The maximum atomic E-state index is 12.8. The fourth-order valence-corrected chi connectivity index (χ4v) is 4.90. The second kappa shape index (κ2) is 9.76. The van der Waals surface area contributed by atoms with Crippen LogP contribution < -0.4 is 5.32 Å². The molecule has 2 aromatic rings. The Morgan fingerprint density at radius 3 is 2.32 bits per heavy atom. The van der Waals surface area contributed by atoms with E-state index in [-0.39, 0.29) is 16.5 Å². The van der Waals surface area contributed by atoms with Crippen LogP contribution in [-0.2, 0) is 19.5 Å². The predicted octanol–water partition coefficient (Wildman–Crippen LogP) is 0.978. The molecule has 0 atom stereocenters. The summed E-state index contributed by atoms with van der Waals surface area (Å²) >= 11 is 0. The Labute approximate surface area is 181 Å². The molecule has 10 nitrogen and oxygen atoms in total. The number of morpholine rings is 2. The molecule has 0 bridgehead atoms. The van der Waals surface area contributed by atoms with E-state index in [4.69, 9.17) is 13.9 Å². The first-order valence-electron chi connectivity index (χ1n) is 10.2. The first-order valence-corrected chi connectivity index (χ1v) is 11.6. The summed E-state index contributed by atoms with van der Waals surface area (Å²) in [5.74, 6) is 0.580. The third-order valence-corrected chi connectivity index (χ3v) is 7.17. The molecule has 0 amide bonds. The van der Waals surface area contributed by atoms with Crippen molar-refractivity contribution in [3.8, 4) is 17.5 Å². The molecule has 0 spiro atoms. The first kappa shape index (κ1) is 21.7. The van der Waals surface area contributed by atoms with Gasteiger partial charge in [-0.2, -0.15) is 14.6 Å². The lowest BCUT2D eigenvalue weighted by Crippen LogP contribution is -2.40. The summed E-state index contributed by atoms with van der Waals surface area (Å²) in [5, 5.41) is 12.5. The molecule has 1 N–H and O–H groups in total. The standard InChI is InChI=1S/C20H25N5O5S/c21-15-18-20(22-5-6-24-7-11-28-12-8-24)30-19(23-18)16-1-3-17(4-2-16)31(26,27)25-9-13-29-14-10-25/h1-4,22H,5-14H2. The molecule has 1 aromatic carbocycles. The summed E-state index contributed by atoms with van der Waals surface area (Å²) in [7, 11) is -3.57. The molecular formula is C20H25N5O5S. The molecule has 0 aliphatic carbocycles. The molecule has 0 saturated carbocycles. The number of nitrogens with zero attached hydrogens (tertiary/aromatic N) is 4. The number of sulfonamides is 1. The van der Waals surface area contributed by atoms with Crippen molar-refractivity contribution in [3.63, 3.8) is 0 Å². The van der Waals surface area contributed by atoms with Crippen molar-refractivity contribution >= 4 is 15.9 Å². The van der Waals surface area contributed by atoms with Gasteiger partial charge >= 0.3 is 0 Å². The largest absolute Gasteiger partial charge is 0.419 e. The van der Waals surface area contributed by atoms with Crippen LogP contribution >= 0.6 is 0 Å². The number of aromatic nitrogens is 1. The zero-order valence-corrected chi connectivity index (χ0v) is 17.9. The van der Waals surface area contributed by atoms with Crippen molar-refractivity contribution < 1.29 is 22.3 Å². The molecular weight excluding hydrogens is 422 g/mol. The molecule has 166 valence electrons. The van der Waals surface area contributed by atoms with Crippen LogP contribution in [0.3, 0.4) is 0 Å². The van der Waals surface area contributed by atoms with Gasteiger partial charge in [-0.15, -0.1) is 0 Å². The topological polar surface area (TPSA) is 121 Å². The second-order valence-corrected chi connectivity index (χ2v) is 9.17. The Balaban J connectivity index is 1.43. The monoisotopic (exact) mass is 447 g/mol. The van der Waals surface area contributed by atoms with Gasteiger partial charge in [-0.3, -0.25) is 4.90 Å². The Morgan fingerprint density at radius 2 is 1.68 bits per heavy atom. The highest BCUT2D eigenvalue weighted by atomic mass is 32.2. The minimum absolute atomic E-state index is 0.169. The summed E-state index contributed by atoms with van der Waals surface area (Å²) in [5.41, 5.74) is 0.764.